The Morgan fingerprint density at radius 1 is 1.18 bits per heavy atom. The summed E-state index contributed by atoms with van der Waals surface area (Å²) in [5.41, 5.74) is 2.73. The molecule has 1 aliphatic heterocycles. The fourth-order valence-electron chi connectivity index (χ4n) is 3.29. The van der Waals surface area contributed by atoms with Crippen molar-refractivity contribution in [3.05, 3.63) is 29.3 Å². The molecule has 1 unspecified atom stereocenters. The number of amides is 1. The quantitative estimate of drug-likeness (QED) is 0.743. The van der Waals surface area contributed by atoms with Crippen LogP contribution in [0.3, 0.4) is 0 Å². The van der Waals surface area contributed by atoms with Gasteiger partial charge in [0.1, 0.15) is 6.10 Å². The lowest BCUT2D eigenvalue weighted by Gasteiger charge is -2.14. The van der Waals surface area contributed by atoms with Crippen molar-refractivity contribution in [2.45, 2.75) is 58.0 Å². The number of carbonyl (C=O) groups excluding carboxylic acids is 2. The Morgan fingerprint density at radius 2 is 2.05 bits per heavy atom. The van der Waals surface area contributed by atoms with Crippen molar-refractivity contribution < 1.29 is 14.3 Å². The van der Waals surface area contributed by atoms with E-state index >= 15 is 0 Å². The van der Waals surface area contributed by atoms with E-state index in [1.165, 1.54) is 19.3 Å². The third kappa shape index (κ3) is 3.01. The van der Waals surface area contributed by atoms with Crippen molar-refractivity contribution in [1.29, 1.82) is 0 Å². The van der Waals surface area contributed by atoms with Crippen LogP contribution in [0.4, 0.5) is 10.5 Å². The first-order valence-corrected chi connectivity index (χ1v) is 8.33. The highest BCUT2D eigenvalue weighted by Crippen LogP contribution is 2.30. The van der Waals surface area contributed by atoms with E-state index in [-0.39, 0.29) is 18.0 Å². The molecule has 1 amide bonds. The zero-order chi connectivity index (χ0) is 15.5. The van der Waals surface area contributed by atoms with Gasteiger partial charge < -0.3 is 4.74 Å². The molecule has 1 heterocycles. The van der Waals surface area contributed by atoms with Crippen LogP contribution < -0.4 is 4.90 Å². The summed E-state index contributed by atoms with van der Waals surface area (Å²) in [5.74, 6) is 0.208. The van der Waals surface area contributed by atoms with Crippen LogP contribution in [-0.4, -0.2) is 24.5 Å². The third-order valence-corrected chi connectivity index (χ3v) is 4.58. The molecule has 2 aliphatic rings. The van der Waals surface area contributed by atoms with E-state index in [0.717, 1.165) is 36.1 Å². The molecule has 118 valence electrons. The number of hydrogen-bond donors (Lipinski definition) is 0. The first-order chi connectivity index (χ1) is 10.7. The summed E-state index contributed by atoms with van der Waals surface area (Å²) < 4.78 is 5.47. The topological polar surface area (TPSA) is 46.6 Å². The number of ketones is 1. The van der Waals surface area contributed by atoms with E-state index in [1.54, 1.807) is 4.90 Å². The van der Waals surface area contributed by atoms with Crippen LogP contribution in [0.1, 0.15) is 61.4 Å². The van der Waals surface area contributed by atoms with Gasteiger partial charge in [-0.15, -0.1) is 0 Å². The fourth-order valence-corrected chi connectivity index (χ4v) is 3.29. The molecule has 22 heavy (non-hydrogen) atoms. The molecule has 0 spiro atoms. The number of cyclic esters (lactones) is 1. The monoisotopic (exact) mass is 301 g/mol. The SMILES string of the molecule is CCCCCCC1CN(c2ccc3c(c2)CCC3=O)C(=O)O1. The summed E-state index contributed by atoms with van der Waals surface area (Å²) >= 11 is 0. The minimum Gasteiger partial charge on any atom is -0.444 e. The van der Waals surface area contributed by atoms with Gasteiger partial charge in [-0.25, -0.2) is 4.79 Å². The summed E-state index contributed by atoms with van der Waals surface area (Å²) in [5, 5.41) is 0. The highest BCUT2D eigenvalue weighted by Gasteiger charge is 2.32. The molecule has 1 aromatic rings. The van der Waals surface area contributed by atoms with E-state index in [1.807, 2.05) is 18.2 Å². The average molecular weight is 301 g/mol. The molecular weight excluding hydrogens is 278 g/mol. The minimum atomic E-state index is -0.259. The lowest BCUT2D eigenvalue weighted by atomic mass is 10.1. The predicted molar refractivity (Wildman–Crippen MR) is 85.5 cm³/mol. The largest absolute Gasteiger partial charge is 0.444 e. The number of hydrogen-bond acceptors (Lipinski definition) is 3. The second-order valence-corrected chi connectivity index (χ2v) is 6.23. The van der Waals surface area contributed by atoms with Crippen molar-refractivity contribution >= 4 is 17.6 Å². The first kappa shape index (κ1) is 15.1. The number of nitrogens with zero attached hydrogens (tertiary/aromatic N) is 1. The summed E-state index contributed by atoms with van der Waals surface area (Å²) in [6, 6.07) is 5.69. The Kier molecular flexibility index (Phi) is 4.46. The van der Waals surface area contributed by atoms with Crippen LogP contribution in [0.5, 0.6) is 0 Å². The van der Waals surface area contributed by atoms with Gasteiger partial charge in [-0.3, -0.25) is 9.69 Å². The van der Waals surface area contributed by atoms with Gasteiger partial charge in [0.05, 0.1) is 6.54 Å². The van der Waals surface area contributed by atoms with E-state index in [2.05, 4.69) is 6.92 Å². The number of benzene rings is 1. The number of unbranched alkanes of at least 4 members (excludes halogenated alkanes) is 3. The van der Waals surface area contributed by atoms with Crippen LogP contribution >= 0.6 is 0 Å². The Labute approximate surface area is 131 Å². The van der Waals surface area contributed by atoms with Crippen molar-refractivity contribution in [2.75, 3.05) is 11.4 Å². The zero-order valence-corrected chi connectivity index (χ0v) is 13.1. The molecular formula is C18H23NO3. The van der Waals surface area contributed by atoms with Crippen LogP contribution in [0.15, 0.2) is 18.2 Å². The number of carbonyl (C=O) groups is 2. The Morgan fingerprint density at radius 3 is 2.86 bits per heavy atom. The minimum absolute atomic E-state index is 0.000701. The lowest BCUT2D eigenvalue weighted by Crippen LogP contribution is -2.24. The zero-order valence-electron chi connectivity index (χ0n) is 13.1. The molecule has 1 saturated heterocycles. The van der Waals surface area contributed by atoms with Gasteiger partial charge in [0.15, 0.2) is 5.78 Å². The van der Waals surface area contributed by atoms with Gasteiger partial charge in [0.2, 0.25) is 0 Å². The van der Waals surface area contributed by atoms with Crippen molar-refractivity contribution in [3.8, 4) is 0 Å². The molecule has 1 atom stereocenters. The smallest absolute Gasteiger partial charge is 0.414 e. The van der Waals surface area contributed by atoms with Crippen LogP contribution in [0, 0.1) is 0 Å². The van der Waals surface area contributed by atoms with Crippen molar-refractivity contribution in [1.82, 2.24) is 0 Å². The first-order valence-electron chi connectivity index (χ1n) is 8.33. The van der Waals surface area contributed by atoms with E-state index in [9.17, 15) is 9.59 Å². The molecule has 1 aliphatic carbocycles. The van der Waals surface area contributed by atoms with Crippen LogP contribution in [0.2, 0.25) is 0 Å². The molecule has 0 saturated carbocycles. The van der Waals surface area contributed by atoms with Gasteiger partial charge >= 0.3 is 6.09 Å². The number of aryl methyl sites for hydroxylation is 1. The Bertz CT molecular complexity index is 582. The number of ether oxygens (including phenoxy) is 1. The molecule has 1 fully saturated rings. The maximum atomic E-state index is 12.1. The highest BCUT2D eigenvalue weighted by molar-refractivity contribution is 6.01. The lowest BCUT2D eigenvalue weighted by molar-refractivity contribution is 0.0994. The molecule has 0 radical (unpaired) electrons. The molecule has 4 nitrogen and oxygen atoms in total. The van der Waals surface area contributed by atoms with Gasteiger partial charge in [0, 0.05) is 17.7 Å². The number of Topliss-reactive ketones (excluding diaryl/α,β-unsaturated/α-hetero) is 1. The summed E-state index contributed by atoms with van der Waals surface area (Å²) in [6.07, 6.45) is 6.81. The molecule has 0 N–H and O–H groups in total. The standard InChI is InChI=1S/C18H23NO3/c1-2-3-4-5-6-15-12-19(18(21)22-15)14-8-9-16-13(11-14)7-10-17(16)20/h8-9,11,15H,2-7,10,12H2,1H3. The van der Waals surface area contributed by atoms with E-state index in [4.69, 9.17) is 4.74 Å². The average Bonchev–Trinajstić information content (AvgIpc) is 3.07. The maximum Gasteiger partial charge on any atom is 0.414 e. The molecule has 0 aromatic heterocycles. The Hall–Kier alpha value is -1.84. The van der Waals surface area contributed by atoms with Crippen molar-refractivity contribution in [3.63, 3.8) is 0 Å². The van der Waals surface area contributed by atoms with Crippen molar-refractivity contribution in [2.24, 2.45) is 0 Å². The van der Waals surface area contributed by atoms with Gasteiger partial charge in [0.25, 0.3) is 0 Å². The van der Waals surface area contributed by atoms with Crippen LogP contribution in [0.25, 0.3) is 0 Å². The second kappa shape index (κ2) is 6.51. The van der Waals surface area contributed by atoms with Gasteiger partial charge in [-0.2, -0.15) is 0 Å². The van der Waals surface area contributed by atoms with E-state index in [0.29, 0.717) is 13.0 Å². The normalized spacial score (nSPS) is 20.4. The maximum absolute atomic E-state index is 12.1. The van der Waals surface area contributed by atoms with E-state index < -0.39 is 0 Å². The number of rotatable bonds is 6. The molecule has 1 aromatic carbocycles. The summed E-state index contributed by atoms with van der Waals surface area (Å²) in [6.45, 7) is 2.81. The molecule has 0 bridgehead atoms. The second-order valence-electron chi connectivity index (χ2n) is 6.23. The van der Waals surface area contributed by atoms with Gasteiger partial charge in [-0.1, -0.05) is 26.2 Å². The molecule has 4 heteroatoms. The summed E-state index contributed by atoms with van der Waals surface area (Å²) in [4.78, 5) is 25.5. The number of fused-ring (bicyclic) bond motifs is 1. The highest BCUT2D eigenvalue weighted by atomic mass is 16.6. The fraction of sp³-hybridized carbons (Fsp3) is 0.556. The van der Waals surface area contributed by atoms with Gasteiger partial charge in [-0.05, 0) is 43.0 Å². The Balaban J connectivity index is 1.63. The van der Waals surface area contributed by atoms with Crippen LogP contribution in [-0.2, 0) is 11.2 Å². The third-order valence-electron chi connectivity index (χ3n) is 4.58. The number of anilines is 1. The molecule has 3 rings (SSSR count). The summed E-state index contributed by atoms with van der Waals surface area (Å²) in [7, 11) is 0. The predicted octanol–water partition coefficient (Wildman–Crippen LogP) is 4.11.